The lowest BCUT2D eigenvalue weighted by Crippen LogP contribution is -2.17. The van der Waals surface area contributed by atoms with Gasteiger partial charge in [-0.05, 0) is 41.3 Å². The van der Waals surface area contributed by atoms with Crippen molar-refractivity contribution in [2.45, 2.75) is 46.8 Å². The Kier molecular flexibility index (Phi) is 7.12. The van der Waals surface area contributed by atoms with Crippen LogP contribution < -0.4 is 5.73 Å². The van der Waals surface area contributed by atoms with E-state index in [-0.39, 0.29) is 11.5 Å². The molecule has 0 atom stereocenters. The number of aryl methyl sites for hydroxylation is 2. The maximum Gasteiger partial charge on any atom is 0.156 e. The number of aromatic amines is 1. The van der Waals surface area contributed by atoms with Gasteiger partial charge in [-0.25, -0.2) is 9.37 Å². The third-order valence-corrected chi connectivity index (χ3v) is 6.11. The van der Waals surface area contributed by atoms with Crippen molar-refractivity contribution >= 4 is 11.4 Å². The van der Waals surface area contributed by atoms with Crippen LogP contribution in [0.1, 0.15) is 54.7 Å². The fourth-order valence-corrected chi connectivity index (χ4v) is 4.45. The number of nitrogen functional groups attached to an aromatic ring is 1. The minimum absolute atomic E-state index is 0.252. The van der Waals surface area contributed by atoms with Crippen molar-refractivity contribution in [3.8, 4) is 11.1 Å². The average Bonchev–Trinajstić information content (AvgIpc) is 3.55. The summed E-state index contributed by atoms with van der Waals surface area (Å²) < 4.78 is 15.6. The fraction of sp³-hybridized carbons (Fsp3) is 0.296. The van der Waals surface area contributed by atoms with Gasteiger partial charge in [0.15, 0.2) is 5.82 Å². The van der Waals surface area contributed by atoms with Crippen LogP contribution in [0.3, 0.4) is 0 Å². The number of rotatable bonds is 6. The van der Waals surface area contributed by atoms with Crippen LogP contribution in [0.5, 0.6) is 0 Å². The lowest BCUT2D eigenvalue weighted by Gasteiger charge is -2.14. The number of nitrogens with one attached hydrogen (secondary N) is 2. The van der Waals surface area contributed by atoms with Crippen molar-refractivity contribution in [2.75, 3.05) is 5.73 Å². The van der Waals surface area contributed by atoms with Crippen molar-refractivity contribution in [1.29, 1.82) is 5.41 Å². The molecule has 7 nitrogen and oxygen atoms in total. The molecule has 35 heavy (non-hydrogen) atoms. The van der Waals surface area contributed by atoms with E-state index in [0.29, 0.717) is 17.1 Å². The van der Waals surface area contributed by atoms with E-state index in [1.807, 2.05) is 58.4 Å². The average molecular weight is 474 g/mol. The summed E-state index contributed by atoms with van der Waals surface area (Å²) in [6.45, 7) is 8.32. The number of halogens is 1. The molecule has 4 N–H and O–H groups in total. The molecule has 0 aliphatic carbocycles. The Morgan fingerprint density at radius 3 is 2.63 bits per heavy atom. The Bertz CT molecular complexity index is 1330. The Balaban J connectivity index is 0.00000141. The van der Waals surface area contributed by atoms with E-state index in [1.54, 1.807) is 10.7 Å². The van der Waals surface area contributed by atoms with Crippen molar-refractivity contribution in [2.24, 2.45) is 7.05 Å². The molecule has 2 aromatic heterocycles. The number of aromatic nitrogens is 4. The first-order chi connectivity index (χ1) is 16.9. The molecule has 182 valence electrons. The Morgan fingerprint density at radius 1 is 1.17 bits per heavy atom. The Labute approximate surface area is 205 Å². The number of benzene rings is 2. The van der Waals surface area contributed by atoms with Crippen LogP contribution in [-0.2, 0) is 33.1 Å². The van der Waals surface area contributed by atoms with Gasteiger partial charge in [0.2, 0.25) is 0 Å². The van der Waals surface area contributed by atoms with Gasteiger partial charge in [-0.2, -0.15) is 5.10 Å². The van der Waals surface area contributed by atoms with Crippen LogP contribution in [0.4, 0.5) is 10.1 Å². The Hall–Kier alpha value is -3.78. The van der Waals surface area contributed by atoms with Gasteiger partial charge in [0.25, 0.3) is 0 Å². The van der Waals surface area contributed by atoms with Crippen LogP contribution in [0, 0.1) is 11.2 Å². The van der Waals surface area contributed by atoms with Gasteiger partial charge in [0, 0.05) is 49.7 Å². The van der Waals surface area contributed by atoms with Gasteiger partial charge < -0.3 is 10.7 Å². The van der Waals surface area contributed by atoms with Gasteiger partial charge in [0.1, 0.15) is 11.5 Å². The van der Waals surface area contributed by atoms with Gasteiger partial charge in [-0.3, -0.25) is 15.0 Å². The van der Waals surface area contributed by atoms with Crippen LogP contribution in [0.25, 0.3) is 11.1 Å². The summed E-state index contributed by atoms with van der Waals surface area (Å²) in [5.41, 5.74) is 13.5. The lowest BCUT2D eigenvalue weighted by molar-refractivity contribution is 0.271. The molecule has 1 aliphatic heterocycles. The predicted octanol–water partition coefficient (Wildman–Crippen LogP) is 5.05. The first-order valence-electron chi connectivity index (χ1n) is 12.0. The van der Waals surface area contributed by atoms with Crippen LogP contribution in [0.2, 0.25) is 0 Å². The summed E-state index contributed by atoms with van der Waals surface area (Å²) in [6, 6.07) is 10.3. The minimum Gasteiger partial charge on any atom is -0.398 e. The lowest BCUT2D eigenvalue weighted by atomic mass is 9.95. The molecule has 0 spiro atoms. The number of hydrogen-bond donors (Lipinski definition) is 3. The topological polar surface area (TPSA) is 99.6 Å². The maximum absolute atomic E-state index is 13.8. The summed E-state index contributed by atoms with van der Waals surface area (Å²) in [7, 11) is 1.91. The highest BCUT2D eigenvalue weighted by Gasteiger charge is 2.25. The first kappa shape index (κ1) is 24.3. The monoisotopic (exact) mass is 473 g/mol. The minimum atomic E-state index is -0.278. The van der Waals surface area contributed by atoms with Crippen molar-refractivity contribution in [3.05, 3.63) is 88.5 Å². The molecule has 0 saturated carbocycles. The molecule has 2 aromatic carbocycles. The highest BCUT2D eigenvalue weighted by Crippen LogP contribution is 2.30. The van der Waals surface area contributed by atoms with E-state index in [0.717, 1.165) is 59.7 Å². The molecule has 0 unspecified atom stereocenters. The van der Waals surface area contributed by atoms with E-state index >= 15 is 0 Å². The van der Waals surface area contributed by atoms with Crippen LogP contribution in [0.15, 0.2) is 48.8 Å². The summed E-state index contributed by atoms with van der Waals surface area (Å²) in [5, 5.41) is 12.9. The normalized spacial score (nSPS) is 12.8. The van der Waals surface area contributed by atoms with E-state index in [9.17, 15) is 4.39 Å². The maximum atomic E-state index is 13.8. The molecule has 0 fully saturated rings. The molecule has 1 aliphatic rings. The van der Waals surface area contributed by atoms with E-state index in [1.165, 1.54) is 12.1 Å². The molecule has 0 saturated heterocycles. The van der Waals surface area contributed by atoms with Crippen LogP contribution in [-0.4, -0.2) is 30.4 Å². The second kappa shape index (κ2) is 10.2. The zero-order valence-electron chi connectivity index (χ0n) is 20.7. The van der Waals surface area contributed by atoms with Crippen molar-refractivity contribution < 1.29 is 4.39 Å². The van der Waals surface area contributed by atoms with E-state index < -0.39 is 0 Å². The second-order valence-corrected chi connectivity index (χ2v) is 8.51. The summed E-state index contributed by atoms with van der Waals surface area (Å²) in [5.74, 6) is 0.237. The molecule has 0 radical (unpaired) electrons. The molecule has 0 bridgehead atoms. The third-order valence-electron chi connectivity index (χ3n) is 6.11. The number of H-pyrrole nitrogens is 1. The Morgan fingerprint density at radius 2 is 1.97 bits per heavy atom. The predicted molar refractivity (Wildman–Crippen MR) is 138 cm³/mol. The quantitative estimate of drug-likeness (QED) is 0.269. The van der Waals surface area contributed by atoms with Crippen molar-refractivity contribution in [3.63, 3.8) is 0 Å². The second-order valence-electron chi connectivity index (χ2n) is 8.51. The number of nitrogens with zero attached hydrogens (tertiary/aromatic N) is 4. The standard InChI is InChI=1S/C25H26FN7.C2H6/c1-3-16-4-6-18(26)9-20(16)17-5-7-19(21(27)8-17)24(28)25-30-22-13-33(14-23(22)31-25)12-15-10-29-32(2)11-15;1-2/h4-11,28H,3,12-14,27H2,1-2H3,(H,30,31);1-2H3. The number of nitrogens with two attached hydrogens (primary N) is 1. The molecular weight excluding hydrogens is 441 g/mol. The number of fused-ring (bicyclic) bond motifs is 1. The van der Waals surface area contributed by atoms with E-state index in [4.69, 9.17) is 11.1 Å². The summed E-state index contributed by atoms with van der Waals surface area (Å²) in [4.78, 5) is 10.3. The number of anilines is 1. The molecule has 0 amide bonds. The first-order valence-corrected chi connectivity index (χ1v) is 12.0. The third kappa shape index (κ3) is 5.02. The summed E-state index contributed by atoms with van der Waals surface area (Å²) in [6.07, 6.45) is 4.69. The highest BCUT2D eigenvalue weighted by atomic mass is 19.1. The molecular formula is C27H32FN7. The molecule has 4 aromatic rings. The highest BCUT2D eigenvalue weighted by molar-refractivity contribution is 6.12. The van der Waals surface area contributed by atoms with Gasteiger partial charge in [-0.1, -0.05) is 39.0 Å². The van der Waals surface area contributed by atoms with Crippen molar-refractivity contribution in [1.82, 2.24) is 24.6 Å². The zero-order valence-corrected chi connectivity index (χ0v) is 20.7. The molecule has 5 rings (SSSR count). The number of imidazole rings is 1. The molecule has 8 heteroatoms. The fourth-order valence-electron chi connectivity index (χ4n) is 4.45. The summed E-state index contributed by atoms with van der Waals surface area (Å²) >= 11 is 0. The number of hydrogen-bond acceptors (Lipinski definition) is 5. The van der Waals surface area contributed by atoms with E-state index in [2.05, 4.69) is 20.0 Å². The molecule has 3 heterocycles. The van der Waals surface area contributed by atoms with Gasteiger partial charge in [0.05, 0.1) is 17.6 Å². The largest absolute Gasteiger partial charge is 0.398 e. The SMILES string of the molecule is CC.CCc1ccc(F)cc1-c1ccc(C(=N)c2nc3c([nH]2)CN(Cc2cnn(C)c2)C3)c(N)c1. The zero-order chi connectivity index (χ0) is 25.1. The van der Waals surface area contributed by atoms with Gasteiger partial charge in [-0.15, -0.1) is 0 Å². The van der Waals surface area contributed by atoms with Gasteiger partial charge >= 0.3 is 0 Å². The van der Waals surface area contributed by atoms with Crippen LogP contribution >= 0.6 is 0 Å². The smallest absolute Gasteiger partial charge is 0.156 e.